The van der Waals surface area contributed by atoms with Gasteiger partial charge in [-0.2, -0.15) is 0 Å². The third-order valence-electron chi connectivity index (χ3n) is 6.56. The quantitative estimate of drug-likeness (QED) is 0.223. The Morgan fingerprint density at radius 3 is 2.64 bits per heavy atom. The number of rotatable bonds is 4. The fourth-order valence-corrected chi connectivity index (χ4v) is 4.96. The second-order valence-electron chi connectivity index (χ2n) is 8.52. The number of nitrogens with zero attached hydrogens (tertiary/aromatic N) is 1. The van der Waals surface area contributed by atoms with Gasteiger partial charge >= 0.3 is 5.97 Å². The predicted molar refractivity (Wildman–Crippen MR) is 133 cm³/mol. The highest BCUT2D eigenvalue weighted by Gasteiger charge is 2.39. The summed E-state index contributed by atoms with van der Waals surface area (Å²) in [7, 11) is 3.10. The third-order valence-corrected chi connectivity index (χ3v) is 6.56. The van der Waals surface area contributed by atoms with E-state index in [9.17, 15) is 9.59 Å². The van der Waals surface area contributed by atoms with Gasteiger partial charge < -0.3 is 18.9 Å². The first-order chi connectivity index (χ1) is 17.6. The average molecular weight is 479 g/mol. The van der Waals surface area contributed by atoms with Crippen LogP contribution in [-0.2, 0) is 4.79 Å². The van der Waals surface area contributed by atoms with Crippen LogP contribution in [0.15, 0.2) is 72.6 Å². The molecule has 1 atom stereocenters. The fraction of sp³-hybridized carbons (Fsp3) is 0.138. The molecule has 0 spiro atoms. The molecule has 0 unspecified atom stereocenters. The van der Waals surface area contributed by atoms with E-state index in [1.54, 1.807) is 44.7 Å². The number of carbonyl (C=O) groups is 2. The largest absolute Gasteiger partial charge is 0.493 e. The molecule has 0 saturated carbocycles. The van der Waals surface area contributed by atoms with Gasteiger partial charge in [-0.05, 0) is 42.0 Å². The van der Waals surface area contributed by atoms with Crippen molar-refractivity contribution in [2.45, 2.75) is 12.3 Å². The summed E-state index contributed by atoms with van der Waals surface area (Å²) >= 11 is 0. The number of ether oxygens (including phenoxy) is 4. The van der Waals surface area contributed by atoms with Crippen molar-refractivity contribution < 1.29 is 28.5 Å². The molecule has 1 aromatic heterocycles. The van der Waals surface area contributed by atoms with Gasteiger partial charge in [0.05, 0.1) is 31.7 Å². The van der Waals surface area contributed by atoms with Crippen LogP contribution in [0.4, 0.5) is 0 Å². The maximum Gasteiger partial charge on any atom is 0.312 e. The minimum Gasteiger partial charge on any atom is -0.493 e. The first-order valence-corrected chi connectivity index (χ1v) is 11.5. The maximum absolute atomic E-state index is 13.4. The van der Waals surface area contributed by atoms with Crippen LogP contribution < -0.4 is 18.9 Å². The Balaban J connectivity index is 1.50. The molecule has 0 aliphatic carbocycles. The molecule has 6 rings (SSSR count). The van der Waals surface area contributed by atoms with Gasteiger partial charge in [0.2, 0.25) is 5.78 Å². The molecule has 2 aliphatic heterocycles. The van der Waals surface area contributed by atoms with E-state index in [2.05, 4.69) is 4.98 Å². The lowest BCUT2D eigenvalue weighted by molar-refractivity contribution is -0.135. The number of pyridine rings is 1. The van der Waals surface area contributed by atoms with Crippen molar-refractivity contribution in [3.8, 4) is 23.0 Å². The number of hydrogen-bond donors (Lipinski definition) is 0. The van der Waals surface area contributed by atoms with Crippen LogP contribution in [0.3, 0.4) is 0 Å². The molecule has 7 heteroatoms. The van der Waals surface area contributed by atoms with Gasteiger partial charge in [-0.25, -0.2) is 0 Å². The number of esters is 1. The average Bonchev–Trinajstić information content (AvgIpc) is 3.22. The second kappa shape index (κ2) is 8.53. The Morgan fingerprint density at radius 2 is 1.81 bits per heavy atom. The normalized spacial score (nSPS) is 17.4. The summed E-state index contributed by atoms with van der Waals surface area (Å²) in [6, 6.07) is 18.4. The molecule has 3 heterocycles. The minimum absolute atomic E-state index is 0.123. The zero-order valence-electron chi connectivity index (χ0n) is 19.6. The number of aromatic nitrogens is 1. The summed E-state index contributed by atoms with van der Waals surface area (Å²) in [6.45, 7) is 0. The lowest BCUT2D eigenvalue weighted by Gasteiger charge is -2.27. The van der Waals surface area contributed by atoms with Crippen LogP contribution in [0.25, 0.3) is 17.0 Å². The Labute approximate surface area is 206 Å². The van der Waals surface area contributed by atoms with Crippen molar-refractivity contribution >= 4 is 28.7 Å². The number of methoxy groups -OCH3 is 2. The summed E-state index contributed by atoms with van der Waals surface area (Å²) in [6.07, 6.45) is 3.49. The van der Waals surface area contributed by atoms with Crippen molar-refractivity contribution in [2.75, 3.05) is 14.2 Å². The number of ketones is 1. The smallest absolute Gasteiger partial charge is 0.312 e. The van der Waals surface area contributed by atoms with Gasteiger partial charge in [0.25, 0.3) is 0 Å². The molecule has 4 aromatic rings. The third kappa shape index (κ3) is 3.40. The Morgan fingerprint density at radius 1 is 0.944 bits per heavy atom. The lowest BCUT2D eigenvalue weighted by Crippen LogP contribution is -2.21. The number of carbonyl (C=O) groups excluding carboxylic acids is 2. The van der Waals surface area contributed by atoms with Crippen molar-refractivity contribution in [1.29, 1.82) is 0 Å². The fourth-order valence-electron chi connectivity index (χ4n) is 4.96. The maximum atomic E-state index is 13.4. The predicted octanol–water partition coefficient (Wildman–Crippen LogP) is 5.31. The van der Waals surface area contributed by atoms with Gasteiger partial charge in [-0.3, -0.25) is 14.6 Å². The molecule has 0 amide bonds. The summed E-state index contributed by atoms with van der Waals surface area (Å²) in [4.78, 5) is 30.4. The minimum atomic E-state index is -0.359. The van der Waals surface area contributed by atoms with Crippen LogP contribution in [0.2, 0.25) is 0 Å². The van der Waals surface area contributed by atoms with Gasteiger partial charge in [0.15, 0.2) is 17.3 Å². The van der Waals surface area contributed by atoms with E-state index in [1.807, 2.05) is 42.5 Å². The summed E-state index contributed by atoms with van der Waals surface area (Å²) in [5, 5.41) is 0.935. The molecule has 0 N–H and O–H groups in total. The highest BCUT2D eigenvalue weighted by atomic mass is 16.5. The number of Topliss-reactive ketones (excluding diaryl/α,β-unsaturated/α-hetero) is 1. The molecular weight excluding hydrogens is 458 g/mol. The Bertz CT molecular complexity index is 1580. The van der Waals surface area contributed by atoms with Crippen molar-refractivity contribution in [2.24, 2.45) is 0 Å². The summed E-state index contributed by atoms with van der Waals surface area (Å²) in [5.41, 5.74) is 3.49. The van der Waals surface area contributed by atoms with E-state index in [0.717, 1.165) is 16.5 Å². The van der Waals surface area contributed by atoms with E-state index in [0.29, 0.717) is 39.7 Å². The SMILES string of the molecule is COc1cccc(/C=C2\Oc3c(ccc4c3[C@H](c3ccnc5ccccc35)CC(=O)O4)C2=O)c1OC. The monoisotopic (exact) mass is 479 g/mol. The highest BCUT2D eigenvalue weighted by Crippen LogP contribution is 2.50. The van der Waals surface area contributed by atoms with Crippen molar-refractivity contribution in [3.05, 3.63) is 94.9 Å². The molecule has 0 bridgehead atoms. The van der Waals surface area contributed by atoms with Gasteiger partial charge in [0, 0.05) is 28.6 Å². The molecule has 7 nitrogen and oxygen atoms in total. The Hall–Kier alpha value is -4.65. The van der Waals surface area contributed by atoms with Gasteiger partial charge in [0.1, 0.15) is 11.5 Å². The second-order valence-corrected chi connectivity index (χ2v) is 8.52. The first-order valence-electron chi connectivity index (χ1n) is 11.5. The number of hydrogen-bond acceptors (Lipinski definition) is 7. The molecule has 0 radical (unpaired) electrons. The van der Waals surface area contributed by atoms with E-state index >= 15 is 0 Å². The number of para-hydroxylation sites is 2. The molecule has 3 aromatic carbocycles. The van der Waals surface area contributed by atoms with Crippen LogP contribution in [-0.4, -0.2) is 31.0 Å². The molecule has 2 aliphatic rings. The van der Waals surface area contributed by atoms with E-state index in [4.69, 9.17) is 18.9 Å². The molecule has 0 saturated heterocycles. The Kier molecular flexibility index (Phi) is 5.18. The van der Waals surface area contributed by atoms with Crippen molar-refractivity contribution in [1.82, 2.24) is 4.98 Å². The van der Waals surface area contributed by atoms with Crippen LogP contribution in [0.5, 0.6) is 23.0 Å². The van der Waals surface area contributed by atoms with E-state index < -0.39 is 0 Å². The summed E-state index contributed by atoms with van der Waals surface area (Å²) < 4.78 is 22.7. The molecular formula is C29H21NO6. The van der Waals surface area contributed by atoms with Crippen LogP contribution >= 0.6 is 0 Å². The van der Waals surface area contributed by atoms with Crippen molar-refractivity contribution in [3.63, 3.8) is 0 Å². The molecule has 178 valence electrons. The highest BCUT2D eigenvalue weighted by molar-refractivity contribution is 6.15. The van der Waals surface area contributed by atoms with Crippen LogP contribution in [0, 0.1) is 0 Å². The van der Waals surface area contributed by atoms with Crippen LogP contribution in [0.1, 0.15) is 39.4 Å². The lowest BCUT2D eigenvalue weighted by atomic mass is 9.83. The standard InChI is InChI=1S/C29H21NO6/c1-33-23-9-5-6-16(28(23)34-2)14-24-27(32)19-10-11-22-26(29(19)36-24)20(15-25(31)35-22)17-12-13-30-21-8-4-3-7-18(17)21/h3-14,20H,15H2,1-2H3/b24-14-/t20-/m0/s1. The van der Waals surface area contributed by atoms with Gasteiger partial charge in [-0.15, -0.1) is 0 Å². The van der Waals surface area contributed by atoms with E-state index in [-0.39, 0.29) is 29.9 Å². The zero-order chi connectivity index (χ0) is 24.8. The summed E-state index contributed by atoms with van der Waals surface area (Å²) in [5.74, 6) is 1.04. The topological polar surface area (TPSA) is 84.0 Å². The molecule has 0 fully saturated rings. The van der Waals surface area contributed by atoms with Gasteiger partial charge in [-0.1, -0.05) is 30.3 Å². The first kappa shape index (κ1) is 21.9. The van der Waals surface area contributed by atoms with E-state index in [1.165, 1.54) is 0 Å². The number of benzene rings is 3. The number of fused-ring (bicyclic) bond motifs is 4. The zero-order valence-corrected chi connectivity index (χ0v) is 19.6. The molecule has 36 heavy (non-hydrogen) atoms. The number of allylic oxidation sites excluding steroid dienone is 1.